The number of pyridine rings is 1. The molecule has 0 spiro atoms. The van der Waals surface area contributed by atoms with Crippen molar-refractivity contribution in [2.24, 2.45) is 17.8 Å². The van der Waals surface area contributed by atoms with Crippen molar-refractivity contribution in [3.63, 3.8) is 0 Å². The molecule has 2 aliphatic carbocycles. The van der Waals surface area contributed by atoms with Crippen molar-refractivity contribution >= 4 is 20.8 Å². The Hall–Kier alpha value is -2.44. The highest BCUT2D eigenvalue weighted by atomic mass is 32.2. The van der Waals surface area contributed by atoms with Gasteiger partial charge in [0.15, 0.2) is 0 Å². The van der Waals surface area contributed by atoms with Crippen molar-refractivity contribution in [2.75, 3.05) is 6.54 Å². The standard InChI is InChI=1S/C26H28N2O3S/c29-32(30,28-16-21-9-19-8-20(10-21)12-23(28)11-19)24-13-22-5-1-2-6-25(22)26(14-24)31-17-18-4-3-7-27-15-18/h1-7,13-15,19-21,23H,8-12,16-17H2. The first-order chi connectivity index (χ1) is 15.6. The van der Waals surface area contributed by atoms with E-state index in [4.69, 9.17) is 4.74 Å². The summed E-state index contributed by atoms with van der Waals surface area (Å²) in [6.45, 7) is 1.01. The Morgan fingerprint density at radius 2 is 1.72 bits per heavy atom. The van der Waals surface area contributed by atoms with Crippen LogP contribution in [-0.4, -0.2) is 30.3 Å². The molecular weight excluding hydrogens is 420 g/mol. The average Bonchev–Trinajstić information content (AvgIpc) is 3.01. The predicted molar refractivity (Wildman–Crippen MR) is 124 cm³/mol. The van der Waals surface area contributed by atoms with Gasteiger partial charge in [-0.2, -0.15) is 4.31 Å². The smallest absolute Gasteiger partial charge is 0.243 e. The van der Waals surface area contributed by atoms with Crippen LogP contribution >= 0.6 is 0 Å². The molecule has 3 heterocycles. The van der Waals surface area contributed by atoms with E-state index in [2.05, 4.69) is 4.98 Å². The average molecular weight is 449 g/mol. The Morgan fingerprint density at radius 1 is 0.938 bits per heavy atom. The largest absolute Gasteiger partial charge is 0.488 e. The zero-order valence-corrected chi connectivity index (χ0v) is 18.9. The maximum atomic E-state index is 13.9. The van der Waals surface area contributed by atoms with Gasteiger partial charge in [-0.25, -0.2) is 8.42 Å². The number of nitrogens with zero attached hydrogens (tertiary/aromatic N) is 2. The highest BCUT2D eigenvalue weighted by molar-refractivity contribution is 7.89. The lowest BCUT2D eigenvalue weighted by Crippen LogP contribution is -2.42. The number of benzene rings is 2. The minimum atomic E-state index is -3.60. The minimum Gasteiger partial charge on any atom is -0.488 e. The van der Waals surface area contributed by atoms with Gasteiger partial charge in [-0.15, -0.1) is 0 Å². The molecule has 166 valence electrons. The molecule has 3 aromatic rings. The summed E-state index contributed by atoms with van der Waals surface area (Å²) in [5, 5.41) is 1.81. The van der Waals surface area contributed by atoms with Crippen molar-refractivity contribution < 1.29 is 13.2 Å². The third-order valence-electron chi connectivity index (χ3n) is 7.58. The molecule has 2 saturated heterocycles. The number of fused-ring (bicyclic) bond motifs is 2. The normalized spacial score (nSPS) is 27.5. The van der Waals surface area contributed by atoms with E-state index < -0.39 is 10.0 Å². The van der Waals surface area contributed by atoms with Crippen molar-refractivity contribution in [1.82, 2.24) is 9.29 Å². The monoisotopic (exact) mass is 448 g/mol. The van der Waals surface area contributed by atoms with Crippen molar-refractivity contribution in [1.29, 1.82) is 0 Å². The van der Waals surface area contributed by atoms with E-state index in [9.17, 15) is 8.42 Å². The van der Waals surface area contributed by atoms with E-state index in [0.29, 0.717) is 41.6 Å². The van der Waals surface area contributed by atoms with Crippen LogP contribution in [0.5, 0.6) is 5.75 Å². The van der Waals surface area contributed by atoms with E-state index in [1.165, 1.54) is 19.3 Å². The molecule has 1 aromatic heterocycles. The Balaban J connectivity index is 1.38. The molecule has 4 bridgehead atoms. The van der Waals surface area contributed by atoms with Crippen molar-refractivity contribution in [3.8, 4) is 5.75 Å². The van der Waals surface area contributed by atoms with E-state index in [1.807, 2.05) is 46.8 Å². The Morgan fingerprint density at radius 3 is 2.50 bits per heavy atom. The van der Waals surface area contributed by atoms with Crippen LogP contribution in [0.15, 0.2) is 65.8 Å². The van der Waals surface area contributed by atoms with Crippen LogP contribution in [0.25, 0.3) is 10.8 Å². The Bertz CT molecular complexity index is 1230. The summed E-state index contributed by atoms with van der Waals surface area (Å²) in [6, 6.07) is 15.4. The molecule has 0 amide bonds. The number of hydrogen-bond donors (Lipinski definition) is 0. The molecule has 2 saturated carbocycles. The quantitative estimate of drug-likeness (QED) is 0.550. The number of ether oxygens (including phenoxy) is 1. The number of sulfonamides is 1. The third-order valence-corrected chi connectivity index (χ3v) is 9.47. The van der Waals surface area contributed by atoms with Gasteiger partial charge in [0.05, 0.1) is 4.90 Å². The second kappa shape index (κ2) is 7.85. The van der Waals surface area contributed by atoms with Crippen LogP contribution < -0.4 is 4.74 Å². The molecule has 7 rings (SSSR count). The van der Waals surface area contributed by atoms with Crippen LogP contribution in [0.2, 0.25) is 0 Å². The Kier molecular flexibility index (Phi) is 4.95. The molecule has 2 unspecified atom stereocenters. The molecule has 5 nitrogen and oxygen atoms in total. The summed E-state index contributed by atoms with van der Waals surface area (Å²) in [5.74, 6) is 2.51. The van der Waals surface area contributed by atoms with E-state index in [1.54, 1.807) is 18.5 Å². The second-order valence-electron chi connectivity index (χ2n) is 9.80. The van der Waals surface area contributed by atoms with Gasteiger partial charge >= 0.3 is 0 Å². The summed E-state index contributed by atoms with van der Waals surface area (Å²) < 4.78 is 35.8. The second-order valence-corrected chi connectivity index (χ2v) is 11.7. The minimum absolute atomic E-state index is 0.141. The molecule has 4 aliphatic rings. The summed E-state index contributed by atoms with van der Waals surface area (Å²) in [5.41, 5.74) is 0.949. The van der Waals surface area contributed by atoms with Gasteiger partial charge in [0.1, 0.15) is 12.4 Å². The maximum Gasteiger partial charge on any atom is 0.243 e. The highest BCUT2D eigenvalue weighted by Crippen LogP contribution is 2.49. The van der Waals surface area contributed by atoms with Crippen molar-refractivity contribution in [3.05, 3.63) is 66.5 Å². The molecule has 0 radical (unpaired) electrons. The van der Waals surface area contributed by atoms with Gasteiger partial charge in [-0.3, -0.25) is 4.98 Å². The third kappa shape index (κ3) is 3.59. The molecule has 6 heteroatoms. The van der Waals surface area contributed by atoms with E-state index >= 15 is 0 Å². The predicted octanol–water partition coefficient (Wildman–Crippen LogP) is 5.01. The first-order valence-electron chi connectivity index (χ1n) is 11.6. The first-order valence-corrected chi connectivity index (χ1v) is 13.1. The van der Waals surface area contributed by atoms with Gasteiger partial charge in [0.25, 0.3) is 0 Å². The fraction of sp³-hybridized carbons (Fsp3) is 0.423. The van der Waals surface area contributed by atoms with Crippen LogP contribution in [0.4, 0.5) is 0 Å². The fourth-order valence-corrected chi connectivity index (χ4v) is 8.11. The molecule has 2 aliphatic heterocycles. The van der Waals surface area contributed by atoms with Crippen LogP contribution in [0, 0.1) is 17.8 Å². The highest BCUT2D eigenvalue weighted by Gasteiger charge is 2.46. The number of rotatable bonds is 5. The summed E-state index contributed by atoms with van der Waals surface area (Å²) in [4.78, 5) is 4.49. The first kappa shape index (κ1) is 20.2. The lowest BCUT2D eigenvalue weighted by molar-refractivity contribution is 0.148. The van der Waals surface area contributed by atoms with Gasteiger partial charge < -0.3 is 4.74 Å². The lowest BCUT2D eigenvalue weighted by atomic mass is 9.68. The molecule has 2 atom stereocenters. The molecule has 4 fully saturated rings. The lowest BCUT2D eigenvalue weighted by Gasteiger charge is -2.38. The van der Waals surface area contributed by atoms with Gasteiger partial charge in [-0.05, 0) is 67.4 Å². The molecule has 32 heavy (non-hydrogen) atoms. The van der Waals surface area contributed by atoms with Gasteiger partial charge in [-0.1, -0.05) is 30.3 Å². The Labute approximate surface area is 189 Å². The molecular formula is C26H28N2O3S. The summed E-state index contributed by atoms with van der Waals surface area (Å²) >= 11 is 0. The molecule has 2 aromatic carbocycles. The number of aromatic nitrogens is 1. The van der Waals surface area contributed by atoms with Crippen LogP contribution in [0.1, 0.15) is 37.7 Å². The molecule has 0 N–H and O–H groups in total. The van der Waals surface area contributed by atoms with Crippen LogP contribution in [-0.2, 0) is 16.6 Å². The number of hydrogen-bond acceptors (Lipinski definition) is 4. The van der Waals surface area contributed by atoms with E-state index in [0.717, 1.165) is 29.2 Å². The van der Waals surface area contributed by atoms with Gasteiger partial charge in [0, 0.05) is 42.0 Å². The SMILES string of the molecule is O=S(=O)(c1cc(OCc2cccnc2)c2ccccc2c1)N1CC2CC3CC(C2)CC1C3. The van der Waals surface area contributed by atoms with Crippen molar-refractivity contribution in [2.45, 2.75) is 49.6 Å². The topological polar surface area (TPSA) is 59.5 Å². The maximum absolute atomic E-state index is 13.9. The zero-order valence-electron chi connectivity index (χ0n) is 18.1. The summed E-state index contributed by atoms with van der Waals surface area (Å²) in [6.07, 6.45) is 9.21. The zero-order chi connectivity index (χ0) is 21.7. The summed E-state index contributed by atoms with van der Waals surface area (Å²) in [7, 11) is -3.60. The van der Waals surface area contributed by atoms with Crippen LogP contribution in [0.3, 0.4) is 0 Å². The fourth-order valence-electron chi connectivity index (χ4n) is 6.33. The van der Waals surface area contributed by atoms with E-state index in [-0.39, 0.29) is 6.04 Å². The van der Waals surface area contributed by atoms with Gasteiger partial charge in [0.2, 0.25) is 10.0 Å².